The Balaban J connectivity index is 2.18. The molecule has 0 bridgehead atoms. The zero-order valence-corrected chi connectivity index (χ0v) is 14.0. The second-order valence-corrected chi connectivity index (χ2v) is 5.82. The number of halogens is 1. The zero-order valence-electron chi connectivity index (χ0n) is 12.4. The van der Waals surface area contributed by atoms with Crippen molar-refractivity contribution >= 4 is 32.9 Å². The van der Waals surface area contributed by atoms with Crippen LogP contribution in [0.3, 0.4) is 0 Å². The van der Waals surface area contributed by atoms with E-state index in [-0.39, 0.29) is 18.7 Å². The molecule has 23 heavy (non-hydrogen) atoms. The molecule has 0 saturated carbocycles. The first-order valence-electron chi connectivity index (χ1n) is 7.09. The van der Waals surface area contributed by atoms with Crippen LogP contribution in [0.1, 0.15) is 12.5 Å². The second-order valence-electron chi connectivity index (χ2n) is 4.90. The van der Waals surface area contributed by atoms with Gasteiger partial charge in [0, 0.05) is 16.9 Å². The van der Waals surface area contributed by atoms with Crippen LogP contribution in [0.25, 0.3) is 10.9 Å². The summed E-state index contributed by atoms with van der Waals surface area (Å²) in [5.74, 6) is 0. The van der Waals surface area contributed by atoms with Crippen LogP contribution in [0, 0.1) is 0 Å². The van der Waals surface area contributed by atoms with Crippen molar-refractivity contribution in [3.63, 3.8) is 0 Å². The highest BCUT2D eigenvalue weighted by molar-refractivity contribution is 9.10. The molecular formula is C16H14BrN3O3. The quantitative estimate of drug-likeness (QED) is 0.705. The molecule has 0 amide bonds. The maximum atomic E-state index is 12.6. The number of aromatic nitrogens is 3. The molecule has 0 spiro atoms. The van der Waals surface area contributed by atoms with E-state index >= 15 is 0 Å². The summed E-state index contributed by atoms with van der Waals surface area (Å²) in [6.45, 7) is 2.18. The minimum Gasteiger partial charge on any atom is -0.448 e. The Kier molecular flexibility index (Phi) is 4.29. The summed E-state index contributed by atoms with van der Waals surface area (Å²) in [7, 11) is 0. The number of ether oxygens (including phenoxy) is 1. The van der Waals surface area contributed by atoms with Crippen molar-refractivity contribution in [2.24, 2.45) is 0 Å². The van der Waals surface area contributed by atoms with Gasteiger partial charge in [-0.3, -0.25) is 9.78 Å². The van der Waals surface area contributed by atoms with Crippen molar-refractivity contribution in [2.75, 3.05) is 6.61 Å². The van der Waals surface area contributed by atoms with Crippen molar-refractivity contribution in [1.29, 1.82) is 0 Å². The number of hydrogen-bond acceptors (Lipinski definition) is 4. The highest BCUT2D eigenvalue weighted by Gasteiger charge is 2.19. The van der Waals surface area contributed by atoms with Gasteiger partial charge < -0.3 is 4.74 Å². The molecule has 118 valence electrons. The highest BCUT2D eigenvalue weighted by atomic mass is 79.9. The normalized spacial score (nSPS) is 10.9. The summed E-state index contributed by atoms with van der Waals surface area (Å²) in [5, 5.41) is 0.475. The predicted molar refractivity (Wildman–Crippen MR) is 89.7 cm³/mol. The Morgan fingerprint density at radius 2 is 2.09 bits per heavy atom. The van der Waals surface area contributed by atoms with Gasteiger partial charge in [-0.25, -0.2) is 9.48 Å². The minimum atomic E-state index is -0.575. The molecule has 0 atom stereocenters. The largest absolute Gasteiger partial charge is 0.448 e. The van der Waals surface area contributed by atoms with Gasteiger partial charge in [0.2, 0.25) is 0 Å². The number of rotatable bonds is 3. The van der Waals surface area contributed by atoms with Gasteiger partial charge in [0.15, 0.2) is 0 Å². The van der Waals surface area contributed by atoms with Crippen molar-refractivity contribution in [2.45, 2.75) is 13.5 Å². The third kappa shape index (κ3) is 2.92. The fourth-order valence-electron chi connectivity index (χ4n) is 2.44. The fraction of sp³-hybridized carbons (Fsp3) is 0.188. The molecule has 0 aliphatic rings. The van der Waals surface area contributed by atoms with Crippen LogP contribution in [0.5, 0.6) is 0 Å². The fourth-order valence-corrected chi connectivity index (χ4v) is 2.85. The Labute approximate surface area is 140 Å². The molecule has 7 heteroatoms. The maximum absolute atomic E-state index is 12.6. The molecule has 2 heterocycles. The minimum absolute atomic E-state index is 0.221. The Hall–Kier alpha value is -2.41. The zero-order chi connectivity index (χ0) is 16.4. The van der Waals surface area contributed by atoms with E-state index in [9.17, 15) is 9.59 Å². The van der Waals surface area contributed by atoms with Gasteiger partial charge in [0.05, 0.1) is 24.1 Å². The van der Waals surface area contributed by atoms with Crippen molar-refractivity contribution in [1.82, 2.24) is 14.3 Å². The van der Waals surface area contributed by atoms with Gasteiger partial charge in [-0.15, -0.1) is 0 Å². The van der Waals surface area contributed by atoms with E-state index in [0.29, 0.717) is 10.9 Å². The van der Waals surface area contributed by atoms with E-state index in [1.807, 2.05) is 6.07 Å². The topological polar surface area (TPSA) is 66.1 Å². The smallest absolute Gasteiger partial charge is 0.433 e. The van der Waals surface area contributed by atoms with Crippen LogP contribution in [-0.4, -0.2) is 27.0 Å². The van der Waals surface area contributed by atoms with Gasteiger partial charge in [-0.05, 0) is 46.6 Å². The van der Waals surface area contributed by atoms with E-state index in [1.54, 1.807) is 43.6 Å². The van der Waals surface area contributed by atoms with Gasteiger partial charge in [-0.1, -0.05) is 12.1 Å². The molecule has 0 radical (unpaired) electrons. The van der Waals surface area contributed by atoms with E-state index in [2.05, 4.69) is 20.9 Å². The highest BCUT2D eigenvalue weighted by Crippen LogP contribution is 2.15. The molecule has 3 aromatic rings. The average Bonchev–Trinajstić information content (AvgIpc) is 2.81. The molecule has 2 aromatic heterocycles. The van der Waals surface area contributed by atoms with Gasteiger partial charge >= 0.3 is 6.09 Å². The van der Waals surface area contributed by atoms with Crippen LogP contribution in [0.4, 0.5) is 4.79 Å². The first-order chi connectivity index (χ1) is 11.1. The second kappa shape index (κ2) is 6.37. The molecule has 3 rings (SSSR count). The van der Waals surface area contributed by atoms with Crippen LogP contribution < -0.4 is 5.56 Å². The Morgan fingerprint density at radius 3 is 2.83 bits per heavy atom. The molecule has 0 N–H and O–H groups in total. The van der Waals surface area contributed by atoms with Crippen LogP contribution in [0.2, 0.25) is 0 Å². The Morgan fingerprint density at radius 1 is 1.30 bits per heavy atom. The van der Waals surface area contributed by atoms with Gasteiger partial charge in [-0.2, -0.15) is 4.68 Å². The number of benzene rings is 1. The monoisotopic (exact) mass is 375 g/mol. The number of nitrogens with zero attached hydrogens (tertiary/aromatic N) is 3. The third-order valence-electron chi connectivity index (χ3n) is 3.37. The summed E-state index contributed by atoms with van der Waals surface area (Å²) in [5.41, 5.74) is 1.09. The molecule has 0 aliphatic carbocycles. The lowest BCUT2D eigenvalue weighted by molar-refractivity contribution is 0.147. The summed E-state index contributed by atoms with van der Waals surface area (Å²) >= 11 is 3.35. The molecule has 0 saturated heterocycles. The molecule has 6 nitrogen and oxygen atoms in total. The van der Waals surface area contributed by atoms with Crippen LogP contribution in [0.15, 0.2) is 52.0 Å². The maximum Gasteiger partial charge on any atom is 0.433 e. The SMILES string of the molecule is CCOC(=O)n1c2ccccc2c(=O)n1Cc1cncc(Br)c1. The van der Waals surface area contributed by atoms with Crippen molar-refractivity contribution in [3.05, 3.63) is 63.1 Å². The lowest BCUT2D eigenvalue weighted by Crippen LogP contribution is -2.28. The van der Waals surface area contributed by atoms with Crippen LogP contribution >= 0.6 is 15.9 Å². The van der Waals surface area contributed by atoms with E-state index in [1.165, 1.54) is 9.36 Å². The average molecular weight is 376 g/mol. The number of fused-ring (bicyclic) bond motifs is 1. The summed E-state index contributed by atoms with van der Waals surface area (Å²) in [4.78, 5) is 29.0. The molecular weight excluding hydrogens is 362 g/mol. The third-order valence-corrected chi connectivity index (χ3v) is 3.81. The number of carbonyl (C=O) groups is 1. The molecule has 0 aliphatic heterocycles. The van der Waals surface area contributed by atoms with E-state index in [4.69, 9.17) is 4.74 Å². The van der Waals surface area contributed by atoms with Gasteiger partial charge in [0.1, 0.15) is 0 Å². The number of pyridine rings is 1. The molecule has 0 unspecified atom stereocenters. The summed E-state index contributed by atoms with van der Waals surface area (Å²) in [6, 6.07) is 8.83. The lowest BCUT2D eigenvalue weighted by atomic mass is 10.2. The number of hydrogen-bond donors (Lipinski definition) is 0. The summed E-state index contributed by atoms with van der Waals surface area (Å²) < 4.78 is 8.55. The van der Waals surface area contributed by atoms with Crippen molar-refractivity contribution < 1.29 is 9.53 Å². The van der Waals surface area contributed by atoms with E-state index < -0.39 is 6.09 Å². The Bertz CT molecular complexity index is 930. The first-order valence-corrected chi connectivity index (χ1v) is 7.88. The standard InChI is InChI=1S/C16H14BrN3O3/c1-2-23-16(22)20-14-6-4-3-5-13(14)15(21)19(20)10-11-7-12(17)9-18-8-11/h3-9H,2,10H2,1H3. The predicted octanol–water partition coefficient (Wildman–Crippen LogP) is 3.01. The lowest BCUT2D eigenvalue weighted by Gasteiger charge is -2.11. The van der Waals surface area contributed by atoms with Gasteiger partial charge in [0.25, 0.3) is 5.56 Å². The molecule has 1 aromatic carbocycles. The first kappa shape index (κ1) is 15.5. The molecule has 0 fully saturated rings. The van der Waals surface area contributed by atoms with Crippen molar-refractivity contribution in [3.8, 4) is 0 Å². The number of para-hydroxylation sites is 1. The summed E-state index contributed by atoms with van der Waals surface area (Å²) in [6.07, 6.45) is 2.74. The number of carbonyl (C=O) groups excluding carboxylic acids is 1. The van der Waals surface area contributed by atoms with Crippen LogP contribution in [-0.2, 0) is 11.3 Å². The van der Waals surface area contributed by atoms with E-state index in [0.717, 1.165) is 10.0 Å².